The maximum Gasteiger partial charge on any atom is 0.295 e. The van der Waals surface area contributed by atoms with Gasteiger partial charge in [-0.2, -0.15) is 0 Å². The topological polar surface area (TPSA) is 122 Å². The molecule has 0 radical (unpaired) electrons. The zero-order chi connectivity index (χ0) is 23.8. The molecule has 2 aromatic rings. The molecule has 0 aromatic heterocycles. The first-order chi connectivity index (χ1) is 16.4. The number of hydrogen-bond acceptors (Lipinski definition) is 8. The van der Waals surface area contributed by atoms with Gasteiger partial charge in [0.05, 0.1) is 16.5 Å². The Morgan fingerprint density at radius 3 is 2.59 bits per heavy atom. The van der Waals surface area contributed by atoms with Gasteiger partial charge in [0.15, 0.2) is 11.5 Å². The Hall–Kier alpha value is -3.92. The van der Waals surface area contributed by atoms with E-state index in [2.05, 4.69) is 4.90 Å². The van der Waals surface area contributed by atoms with Crippen molar-refractivity contribution in [3.63, 3.8) is 0 Å². The Kier molecular flexibility index (Phi) is 5.66. The molecular formula is C24H23N3O7. The fourth-order valence-corrected chi connectivity index (χ4v) is 4.72. The van der Waals surface area contributed by atoms with E-state index in [1.807, 2.05) is 0 Å². The highest BCUT2D eigenvalue weighted by atomic mass is 16.7. The lowest BCUT2D eigenvalue weighted by Crippen LogP contribution is -2.37. The van der Waals surface area contributed by atoms with Gasteiger partial charge in [0.2, 0.25) is 6.79 Å². The maximum atomic E-state index is 13.2. The number of carbonyl (C=O) groups excluding carboxylic acids is 2. The molecule has 3 aliphatic rings. The lowest BCUT2D eigenvalue weighted by Gasteiger charge is -2.27. The molecule has 3 aliphatic heterocycles. The van der Waals surface area contributed by atoms with Crippen LogP contribution in [0.5, 0.6) is 11.5 Å². The lowest BCUT2D eigenvalue weighted by molar-refractivity contribution is -0.384. The van der Waals surface area contributed by atoms with Crippen molar-refractivity contribution < 1.29 is 29.1 Å². The van der Waals surface area contributed by atoms with E-state index in [-0.39, 0.29) is 35.9 Å². The standard InChI is InChI=1S/C24H23N3O7/c28-22(16-6-7-18-19(13-16)34-14-33-18)20-21(15-4-3-5-17(12-15)27(31)32)26(24(30)23(20)29)11-10-25-8-1-2-9-25/h3-7,12-13,21,28H,1-2,8-11,14H2/b22-20+. The summed E-state index contributed by atoms with van der Waals surface area (Å²) in [5, 5.41) is 22.6. The number of fused-ring (bicyclic) bond motifs is 1. The summed E-state index contributed by atoms with van der Waals surface area (Å²) >= 11 is 0. The summed E-state index contributed by atoms with van der Waals surface area (Å²) < 4.78 is 10.7. The molecule has 10 nitrogen and oxygen atoms in total. The largest absolute Gasteiger partial charge is 0.507 e. The number of benzene rings is 2. The monoisotopic (exact) mass is 465 g/mol. The highest BCUT2D eigenvalue weighted by Gasteiger charge is 2.46. The average molecular weight is 465 g/mol. The predicted molar refractivity (Wildman–Crippen MR) is 120 cm³/mol. The Labute approximate surface area is 195 Å². The highest BCUT2D eigenvalue weighted by molar-refractivity contribution is 6.46. The van der Waals surface area contributed by atoms with Crippen molar-refractivity contribution in [3.8, 4) is 11.5 Å². The van der Waals surface area contributed by atoms with E-state index in [1.54, 1.807) is 24.3 Å². The molecule has 1 atom stereocenters. The second-order valence-corrected chi connectivity index (χ2v) is 8.46. The summed E-state index contributed by atoms with van der Waals surface area (Å²) in [5.74, 6) is -1.00. The first kappa shape index (κ1) is 21.9. The van der Waals surface area contributed by atoms with Crippen LogP contribution in [-0.2, 0) is 9.59 Å². The van der Waals surface area contributed by atoms with Crippen LogP contribution in [0, 0.1) is 10.1 Å². The van der Waals surface area contributed by atoms with Crippen molar-refractivity contribution in [1.82, 2.24) is 9.80 Å². The SMILES string of the molecule is O=C1C(=O)N(CCN2CCCC2)C(c2cccc([N+](=O)[O-])c2)/C1=C(\O)c1ccc2c(c1)OCO2. The molecule has 1 N–H and O–H groups in total. The number of nitro benzene ring substituents is 1. The summed E-state index contributed by atoms with van der Waals surface area (Å²) in [5.41, 5.74) is 0.408. The molecule has 0 spiro atoms. The van der Waals surface area contributed by atoms with E-state index < -0.39 is 22.7 Å². The number of aliphatic hydroxyl groups is 1. The summed E-state index contributed by atoms with van der Waals surface area (Å²) in [6, 6.07) is 9.60. The van der Waals surface area contributed by atoms with Gasteiger partial charge >= 0.3 is 0 Å². The Morgan fingerprint density at radius 1 is 1.06 bits per heavy atom. The lowest BCUT2D eigenvalue weighted by atomic mass is 9.95. The summed E-state index contributed by atoms with van der Waals surface area (Å²) in [6.45, 7) is 2.72. The smallest absolute Gasteiger partial charge is 0.295 e. The molecule has 1 amide bonds. The summed E-state index contributed by atoms with van der Waals surface area (Å²) in [7, 11) is 0. The van der Waals surface area contributed by atoms with Gasteiger partial charge in [-0.15, -0.1) is 0 Å². The molecule has 10 heteroatoms. The Morgan fingerprint density at radius 2 is 1.82 bits per heavy atom. The van der Waals surface area contributed by atoms with E-state index >= 15 is 0 Å². The number of hydrogen-bond donors (Lipinski definition) is 1. The molecule has 2 aromatic carbocycles. The van der Waals surface area contributed by atoms with Crippen molar-refractivity contribution in [2.24, 2.45) is 0 Å². The normalized spacial score (nSPS) is 21.4. The third-order valence-electron chi connectivity index (χ3n) is 6.44. The Balaban J connectivity index is 1.58. The van der Waals surface area contributed by atoms with Gasteiger partial charge in [0.25, 0.3) is 17.4 Å². The van der Waals surface area contributed by atoms with Gasteiger partial charge in [-0.05, 0) is 49.7 Å². The minimum atomic E-state index is -0.951. The number of ether oxygens (including phenoxy) is 2. The quantitative estimate of drug-likeness (QED) is 0.227. The van der Waals surface area contributed by atoms with Crippen LogP contribution in [0.2, 0.25) is 0 Å². The molecule has 0 bridgehead atoms. The molecule has 1 unspecified atom stereocenters. The van der Waals surface area contributed by atoms with Crippen molar-refractivity contribution >= 4 is 23.1 Å². The number of aliphatic hydroxyl groups excluding tert-OH is 1. The third kappa shape index (κ3) is 3.86. The first-order valence-corrected chi connectivity index (χ1v) is 11.1. The van der Waals surface area contributed by atoms with Gasteiger partial charge in [-0.1, -0.05) is 12.1 Å². The number of nitro groups is 1. The van der Waals surface area contributed by atoms with Crippen LogP contribution in [0.15, 0.2) is 48.0 Å². The number of Topliss-reactive ketones (excluding diaryl/α,β-unsaturated/α-hetero) is 1. The van der Waals surface area contributed by atoms with Crippen LogP contribution >= 0.6 is 0 Å². The molecule has 34 heavy (non-hydrogen) atoms. The van der Waals surface area contributed by atoms with Crippen LogP contribution in [0.4, 0.5) is 5.69 Å². The number of likely N-dealkylation sites (tertiary alicyclic amines) is 2. The van der Waals surface area contributed by atoms with Crippen molar-refractivity contribution in [1.29, 1.82) is 0 Å². The molecule has 0 saturated carbocycles. The van der Waals surface area contributed by atoms with Crippen LogP contribution in [0.3, 0.4) is 0 Å². The molecule has 3 heterocycles. The zero-order valence-electron chi connectivity index (χ0n) is 18.3. The minimum absolute atomic E-state index is 0.0497. The number of amides is 1. The van der Waals surface area contributed by atoms with Crippen molar-refractivity contribution in [3.05, 3.63) is 69.3 Å². The molecule has 0 aliphatic carbocycles. The van der Waals surface area contributed by atoms with Gasteiger partial charge in [0, 0.05) is 30.8 Å². The number of non-ortho nitro benzene ring substituents is 1. The molecule has 2 fully saturated rings. The second-order valence-electron chi connectivity index (χ2n) is 8.46. The van der Waals surface area contributed by atoms with Crippen LogP contribution in [0.25, 0.3) is 5.76 Å². The van der Waals surface area contributed by atoms with Crippen molar-refractivity contribution in [2.75, 3.05) is 33.0 Å². The van der Waals surface area contributed by atoms with Gasteiger partial charge in [-0.25, -0.2) is 0 Å². The maximum absolute atomic E-state index is 13.2. The zero-order valence-corrected chi connectivity index (χ0v) is 18.3. The van der Waals surface area contributed by atoms with Gasteiger partial charge in [-0.3, -0.25) is 19.7 Å². The number of rotatable bonds is 6. The average Bonchev–Trinajstić information content (AvgIpc) is 3.58. The van der Waals surface area contributed by atoms with E-state index in [9.17, 15) is 24.8 Å². The summed E-state index contributed by atoms with van der Waals surface area (Å²) in [6.07, 6.45) is 2.16. The number of ketones is 1. The minimum Gasteiger partial charge on any atom is -0.507 e. The predicted octanol–water partition coefficient (Wildman–Crippen LogP) is 2.84. The molecule has 2 saturated heterocycles. The first-order valence-electron chi connectivity index (χ1n) is 11.1. The van der Waals surface area contributed by atoms with Gasteiger partial charge in [0.1, 0.15) is 5.76 Å². The third-order valence-corrected chi connectivity index (χ3v) is 6.44. The fraction of sp³-hybridized carbons (Fsp3) is 0.333. The molecular weight excluding hydrogens is 442 g/mol. The second kappa shape index (κ2) is 8.79. The fourth-order valence-electron chi connectivity index (χ4n) is 4.72. The van der Waals surface area contributed by atoms with Gasteiger partial charge < -0.3 is 24.4 Å². The Bertz CT molecular complexity index is 1200. The van der Waals surface area contributed by atoms with E-state index in [0.717, 1.165) is 25.9 Å². The number of carbonyl (C=O) groups is 2. The van der Waals surface area contributed by atoms with Crippen molar-refractivity contribution in [2.45, 2.75) is 18.9 Å². The van der Waals surface area contributed by atoms with Crippen LogP contribution < -0.4 is 9.47 Å². The summed E-state index contributed by atoms with van der Waals surface area (Å²) in [4.78, 5) is 40.7. The highest BCUT2D eigenvalue weighted by Crippen LogP contribution is 2.42. The van der Waals surface area contributed by atoms with E-state index in [1.165, 1.54) is 23.1 Å². The van der Waals surface area contributed by atoms with E-state index in [4.69, 9.17) is 9.47 Å². The molecule has 176 valence electrons. The number of nitrogens with zero attached hydrogens (tertiary/aromatic N) is 3. The molecule has 5 rings (SSSR count). The van der Waals surface area contributed by atoms with E-state index in [0.29, 0.717) is 23.6 Å². The van der Waals surface area contributed by atoms with Crippen LogP contribution in [0.1, 0.15) is 30.0 Å². The van der Waals surface area contributed by atoms with Crippen LogP contribution in [-0.4, -0.2) is 64.5 Å².